The predicted molar refractivity (Wildman–Crippen MR) is 109 cm³/mol. The molecule has 1 aromatic heterocycles. The maximum absolute atomic E-state index is 13.4. The summed E-state index contributed by atoms with van der Waals surface area (Å²) in [5, 5.41) is 3.33. The minimum atomic E-state index is -0.454. The maximum Gasteiger partial charge on any atom is 0.336 e. The van der Waals surface area contributed by atoms with Gasteiger partial charge in [0.15, 0.2) is 5.78 Å². The number of allylic oxidation sites excluding steroid dienone is 3. The number of ketones is 1. The van der Waals surface area contributed by atoms with E-state index in [2.05, 4.69) is 11.4 Å². The van der Waals surface area contributed by atoms with Gasteiger partial charge < -0.3 is 19.2 Å². The van der Waals surface area contributed by atoms with Crippen molar-refractivity contribution in [2.24, 2.45) is 0 Å². The molecule has 2 aliphatic heterocycles. The highest BCUT2D eigenvalue weighted by molar-refractivity contribution is 6.04. The lowest BCUT2D eigenvalue weighted by Crippen LogP contribution is -2.36. The first-order valence-corrected chi connectivity index (χ1v) is 10.2. The number of rotatable bonds is 3. The highest BCUT2D eigenvalue weighted by atomic mass is 16.5. The van der Waals surface area contributed by atoms with Gasteiger partial charge in [-0.2, -0.15) is 0 Å². The number of nitrogens with one attached hydrogen (secondary N) is 1. The number of ether oxygens (including phenoxy) is 2. The molecule has 2 aromatic rings. The zero-order chi connectivity index (χ0) is 20.8. The predicted octanol–water partition coefficient (Wildman–Crippen LogP) is 3.75. The fraction of sp³-hybridized carbons (Fsp3) is 0.333. The summed E-state index contributed by atoms with van der Waals surface area (Å²) in [4.78, 5) is 26.1. The van der Waals surface area contributed by atoms with Crippen LogP contribution < -0.4 is 10.1 Å². The SMILES string of the molecule is COC(=O)C1=C(C)NC2=C(C(=O)C[C@@H](c3ccco3)C2)[C@@H]1c1ccc2c(c1)CCO2. The molecule has 1 N–H and O–H groups in total. The molecule has 3 aliphatic rings. The van der Waals surface area contributed by atoms with E-state index in [4.69, 9.17) is 13.9 Å². The Bertz CT molecular complexity index is 1090. The summed E-state index contributed by atoms with van der Waals surface area (Å²) in [6, 6.07) is 9.70. The Kier molecular flexibility index (Phi) is 4.50. The van der Waals surface area contributed by atoms with Crippen LogP contribution in [0.4, 0.5) is 0 Å². The molecule has 6 nitrogen and oxygen atoms in total. The van der Waals surface area contributed by atoms with Crippen molar-refractivity contribution in [1.82, 2.24) is 5.32 Å². The van der Waals surface area contributed by atoms with Gasteiger partial charge in [-0.3, -0.25) is 4.79 Å². The second kappa shape index (κ2) is 7.20. The molecule has 0 spiro atoms. The molecule has 0 saturated carbocycles. The molecule has 0 unspecified atom stereocenters. The van der Waals surface area contributed by atoms with E-state index in [-0.39, 0.29) is 11.7 Å². The van der Waals surface area contributed by atoms with Crippen LogP contribution in [0.1, 0.15) is 48.5 Å². The van der Waals surface area contributed by atoms with Crippen molar-refractivity contribution in [3.05, 3.63) is 76.0 Å². The molecule has 0 saturated heterocycles. The van der Waals surface area contributed by atoms with Gasteiger partial charge in [0.05, 0.1) is 25.6 Å². The highest BCUT2D eigenvalue weighted by Gasteiger charge is 2.42. The minimum Gasteiger partial charge on any atom is -0.493 e. The zero-order valence-corrected chi connectivity index (χ0v) is 17.0. The summed E-state index contributed by atoms with van der Waals surface area (Å²) in [6.45, 7) is 2.52. The second-order valence-corrected chi connectivity index (χ2v) is 7.99. The number of fused-ring (bicyclic) bond motifs is 1. The van der Waals surface area contributed by atoms with Crippen LogP contribution in [0.25, 0.3) is 0 Å². The molecule has 0 amide bonds. The van der Waals surface area contributed by atoms with Gasteiger partial charge in [0, 0.05) is 41.6 Å². The van der Waals surface area contributed by atoms with Crippen molar-refractivity contribution in [3.63, 3.8) is 0 Å². The third-order valence-corrected chi connectivity index (χ3v) is 6.23. The monoisotopic (exact) mass is 405 g/mol. The van der Waals surface area contributed by atoms with E-state index in [1.54, 1.807) is 6.26 Å². The second-order valence-electron chi connectivity index (χ2n) is 7.99. The van der Waals surface area contributed by atoms with Gasteiger partial charge in [-0.15, -0.1) is 0 Å². The first kappa shape index (κ1) is 18.7. The first-order chi connectivity index (χ1) is 14.6. The molecule has 3 heterocycles. The van der Waals surface area contributed by atoms with E-state index in [0.29, 0.717) is 30.6 Å². The van der Waals surface area contributed by atoms with Crippen LogP contribution in [0.3, 0.4) is 0 Å². The number of carbonyl (C=O) groups is 2. The Morgan fingerprint density at radius 3 is 2.87 bits per heavy atom. The van der Waals surface area contributed by atoms with E-state index in [9.17, 15) is 9.59 Å². The van der Waals surface area contributed by atoms with E-state index < -0.39 is 11.9 Å². The lowest BCUT2D eigenvalue weighted by atomic mass is 9.72. The molecule has 0 radical (unpaired) electrons. The summed E-state index contributed by atoms with van der Waals surface area (Å²) in [6.07, 6.45) is 3.47. The number of carbonyl (C=O) groups excluding carboxylic acids is 2. The van der Waals surface area contributed by atoms with Crippen LogP contribution in [0.5, 0.6) is 5.75 Å². The Balaban J connectivity index is 1.62. The molecule has 5 rings (SSSR count). The van der Waals surface area contributed by atoms with Gasteiger partial charge >= 0.3 is 5.97 Å². The molecule has 2 atom stereocenters. The molecular formula is C24H23NO5. The van der Waals surface area contributed by atoms with Gasteiger partial charge in [-0.05, 0) is 42.7 Å². The third-order valence-electron chi connectivity index (χ3n) is 6.23. The van der Waals surface area contributed by atoms with Crippen LogP contribution in [0, 0.1) is 0 Å². The molecule has 1 aliphatic carbocycles. The summed E-state index contributed by atoms with van der Waals surface area (Å²) in [7, 11) is 1.37. The Morgan fingerprint density at radius 1 is 1.23 bits per heavy atom. The third kappa shape index (κ3) is 2.95. The topological polar surface area (TPSA) is 77.8 Å². The molecule has 30 heavy (non-hydrogen) atoms. The van der Waals surface area contributed by atoms with Crippen LogP contribution in [0.2, 0.25) is 0 Å². The van der Waals surface area contributed by atoms with E-state index in [1.807, 2.05) is 31.2 Å². The molecule has 0 bridgehead atoms. The summed E-state index contributed by atoms with van der Waals surface area (Å²) in [5.41, 5.74) is 4.74. The number of furan rings is 1. The lowest BCUT2D eigenvalue weighted by molar-refractivity contribution is -0.136. The van der Waals surface area contributed by atoms with Crippen molar-refractivity contribution in [1.29, 1.82) is 0 Å². The van der Waals surface area contributed by atoms with Gasteiger partial charge in [0.1, 0.15) is 11.5 Å². The number of dihydropyridines is 1. The van der Waals surface area contributed by atoms with Crippen LogP contribution in [-0.2, 0) is 20.7 Å². The number of benzene rings is 1. The van der Waals surface area contributed by atoms with Crippen LogP contribution in [-0.4, -0.2) is 25.5 Å². The van der Waals surface area contributed by atoms with Gasteiger partial charge in [-0.25, -0.2) is 4.79 Å². The van der Waals surface area contributed by atoms with Gasteiger partial charge in [0.2, 0.25) is 0 Å². The normalized spacial score (nSPS) is 22.9. The van der Waals surface area contributed by atoms with Crippen molar-refractivity contribution < 1.29 is 23.5 Å². The number of methoxy groups -OCH3 is 1. The standard InChI is InChI=1S/C24H23NO5/c1-13-21(24(27)28-2)22(15-5-6-20-14(10-15)7-9-30-20)23-17(25-13)11-16(12-18(23)26)19-4-3-8-29-19/h3-6,8,10,16,22,25H,7,9,11-12H2,1-2H3/t16-,22+/m0/s1. The highest BCUT2D eigenvalue weighted by Crippen LogP contribution is 2.46. The maximum atomic E-state index is 13.4. The largest absolute Gasteiger partial charge is 0.493 e. The first-order valence-electron chi connectivity index (χ1n) is 10.2. The Morgan fingerprint density at radius 2 is 2.10 bits per heavy atom. The minimum absolute atomic E-state index is 0.0136. The molecule has 154 valence electrons. The Hall–Kier alpha value is -3.28. The van der Waals surface area contributed by atoms with Crippen LogP contribution >= 0.6 is 0 Å². The van der Waals surface area contributed by atoms with Crippen LogP contribution in [0.15, 0.2) is 63.6 Å². The van der Waals surface area contributed by atoms with Gasteiger partial charge in [-0.1, -0.05) is 12.1 Å². The summed E-state index contributed by atoms with van der Waals surface area (Å²) < 4.78 is 16.3. The number of Topliss-reactive ketones (excluding diaryl/α,β-unsaturated/α-hetero) is 1. The van der Waals surface area contributed by atoms with Crippen molar-refractivity contribution in [2.45, 2.75) is 38.0 Å². The average molecular weight is 405 g/mol. The molecule has 0 fully saturated rings. The summed E-state index contributed by atoms with van der Waals surface area (Å²) in [5.74, 6) is 0.818. The van der Waals surface area contributed by atoms with E-state index in [0.717, 1.165) is 40.5 Å². The van der Waals surface area contributed by atoms with E-state index in [1.165, 1.54) is 7.11 Å². The zero-order valence-electron chi connectivity index (χ0n) is 17.0. The van der Waals surface area contributed by atoms with Crippen molar-refractivity contribution >= 4 is 11.8 Å². The van der Waals surface area contributed by atoms with Crippen molar-refractivity contribution in [3.8, 4) is 5.75 Å². The number of hydrogen-bond donors (Lipinski definition) is 1. The van der Waals surface area contributed by atoms with Crippen molar-refractivity contribution in [2.75, 3.05) is 13.7 Å². The molecule has 1 aromatic carbocycles. The van der Waals surface area contributed by atoms with E-state index >= 15 is 0 Å². The fourth-order valence-corrected chi connectivity index (χ4v) is 4.86. The van der Waals surface area contributed by atoms with Gasteiger partial charge in [0.25, 0.3) is 0 Å². The average Bonchev–Trinajstić information content (AvgIpc) is 3.43. The number of esters is 1. The summed E-state index contributed by atoms with van der Waals surface area (Å²) >= 11 is 0. The smallest absolute Gasteiger partial charge is 0.336 e. The fourth-order valence-electron chi connectivity index (χ4n) is 4.86. The quantitative estimate of drug-likeness (QED) is 0.784. The number of hydrogen-bond acceptors (Lipinski definition) is 6. The molecular weight excluding hydrogens is 382 g/mol. The molecule has 6 heteroatoms. The Labute approximate surface area is 174 Å². The lowest BCUT2D eigenvalue weighted by Gasteiger charge is -2.36.